The number of methoxy groups -OCH3 is 1. The Morgan fingerprint density at radius 2 is 2.12 bits per heavy atom. The minimum Gasteiger partial charge on any atom is -0.378 e. The summed E-state index contributed by atoms with van der Waals surface area (Å²) in [6.07, 6.45) is 2.54. The molecule has 4 heteroatoms. The average Bonchev–Trinajstić information content (AvgIpc) is 2.60. The van der Waals surface area contributed by atoms with E-state index in [9.17, 15) is 4.79 Å². The average molecular weight is 226 g/mol. The van der Waals surface area contributed by atoms with Gasteiger partial charge in [-0.05, 0) is 18.3 Å². The van der Waals surface area contributed by atoms with Crippen molar-refractivity contribution in [3.8, 4) is 0 Å². The van der Waals surface area contributed by atoms with Gasteiger partial charge in [-0.2, -0.15) is 0 Å². The van der Waals surface area contributed by atoms with E-state index in [-0.39, 0.29) is 12.1 Å². The van der Waals surface area contributed by atoms with Gasteiger partial charge in [-0.25, -0.2) is 4.79 Å². The van der Waals surface area contributed by atoms with Crippen molar-refractivity contribution in [3.63, 3.8) is 0 Å². The van der Waals surface area contributed by atoms with Crippen LogP contribution in [0.3, 0.4) is 0 Å². The normalized spacial score (nSPS) is 30.7. The Bertz CT molecular complexity index is 276. The maximum absolute atomic E-state index is 12.1. The molecular weight excluding hydrogens is 204 g/mol. The molecule has 2 heterocycles. The smallest absolute Gasteiger partial charge is 0.320 e. The fraction of sp³-hybridized carbons (Fsp3) is 0.917. The molecule has 16 heavy (non-hydrogen) atoms. The first-order valence-electron chi connectivity index (χ1n) is 6.14. The Balaban J connectivity index is 1.84. The number of carbonyl (C=O) groups is 1. The zero-order valence-corrected chi connectivity index (χ0v) is 10.5. The fourth-order valence-corrected chi connectivity index (χ4v) is 2.42. The molecule has 1 atom stereocenters. The van der Waals surface area contributed by atoms with Gasteiger partial charge in [0.15, 0.2) is 0 Å². The first-order valence-corrected chi connectivity index (χ1v) is 6.14. The Kier molecular flexibility index (Phi) is 3.10. The van der Waals surface area contributed by atoms with Crippen LogP contribution in [0.5, 0.6) is 0 Å². The molecule has 2 amide bonds. The molecule has 0 spiro atoms. The van der Waals surface area contributed by atoms with Gasteiger partial charge in [0.2, 0.25) is 0 Å². The number of carbonyl (C=O) groups excluding carboxylic acids is 1. The zero-order chi connectivity index (χ0) is 11.8. The molecule has 0 aromatic heterocycles. The molecule has 0 N–H and O–H groups in total. The second-order valence-corrected chi connectivity index (χ2v) is 5.38. The highest BCUT2D eigenvalue weighted by Crippen LogP contribution is 2.33. The molecule has 4 nitrogen and oxygen atoms in total. The molecule has 0 aromatic rings. The molecule has 0 aromatic carbocycles. The lowest BCUT2D eigenvalue weighted by molar-refractivity contribution is -0.0147. The van der Waals surface area contributed by atoms with Gasteiger partial charge in [-0.15, -0.1) is 0 Å². The molecule has 2 rings (SSSR count). The highest BCUT2D eigenvalue weighted by molar-refractivity contribution is 5.75. The van der Waals surface area contributed by atoms with Gasteiger partial charge in [-0.1, -0.05) is 13.8 Å². The summed E-state index contributed by atoms with van der Waals surface area (Å²) in [6, 6.07) is 0.200. The summed E-state index contributed by atoms with van der Waals surface area (Å²) in [5, 5.41) is 0. The number of likely N-dealkylation sites (tertiary alicyclic amines) is 2. The van der Waals surface area contributed by atoms with Crippen LogP contribution in [-0.2, 0) is 4.74 Å². The molecule has 0 saturated carbocycles. The van der Waals surface area contributed by atoms with Crippen molar-refractivity contribution in [1.29, 1.82) is 0 Å². The molecule has 2 aliphatic rings. The molecule has 0 aliphatic carbocycles. The van der Waals surface area contributed by atoms with Crippen LogP contribution in [0.2, 0.25) is 0 Å². The van der Waals surface area contributed by atoms with Crippen LogP contribution in [0.25, 0.3) is 0 Å². The van der Waals surface area contributed by atoms with Gasteiger partial charge in [-0.3, -0.25) is 0 Å². The molecular formula is C12H22N2O2. The van der Waals surface area contributed by atoms with E-state index < -0.39 is 0 Å². The lowest BCUT2D eigenvalue weighted by atomic mass is 9.87. The summed E-state index contributed by atoms with van der Waals surface area (Å²) < 4.78 is 5.18. The maximum atomic E-state index is 12.1. The van der Waals surface area contributed by atoms with Gasteiger partial charge in [0.25, 0.3) is 0 Å². The predicted molar refractivity (Wildman–Crippen MR) is 62.4 cm³/mol. The van der Waals surface area contributed by atoms with Crippen LogP contribution < -0.4 is 0 Å². The standard InChI is InChI=1S/C12H22N2O2/c1-4-12(2)5-6-13(9-12)11(15)14-7-10(8-14)16-3/h10H,4-9H2,1-3H3. The van der Waals surface area contributed by atoms with E-state index in [1.165, 1.54) is 0 Å². The third-order valence-electron chi connectivity index (χ3n) is 4.13. The number of rotatable bonds is 2. The minimum absolute atomic E-state index is 0.200. The van der Waals surface area contributed by atoms with Gasteiger partial charge < -0.3 is 14.5 Å². The van der Waals surface area contributed by atoms with Crippen LogP contribution in [0, 0.1) is 5.41 Å². The second kappa shape index (κ2) is 4.24. The van der Waals surface area contributed by atoms with Crippen LogP contribution in [0.1, 0.15) is 26.7 Å². The van der Waals surface area contributed by atoms with E-state index in [0.717, 1.165) is 39.0 Å². The second-order valence-electron chi connectivity index (χ2n) is 5.38. The summed E-state index contributed by atoms with van der Waals surface area (Å²) in [4.78, 5) is 16.0. The maximum Gasteiger partial charge on any atom is 0.320 e. The Labute approximate surface area is 97.5 Å². The van der Waals surface area contributed by atoms with Crippen molar-refractivity contribution in [2.45, 2.75) is 32.8 Å². The van der Waals surface area contributed by atoms with Crippen molar-refractivity contribution in [2.75, 3.05) is 33.3 Å². The number of hydrogen-bond acceptors (Lipinski definition) is 2. The van der Waals surface area contributed by atoms with Crippen molar-refractivity contribution in [2.24, 2.45) is 5.41 Å². The number of nitrogens with zero attached hydrogens (tertiary/aromatic N) is 2. The van der Waals surface area contributed by atoms with E-state index in [1.54, 1.807) is 7.11 Å². The molecule has 2 fully saturated rings. The third-order valence-corrected chi connectivity index (χ3v) is 4.13. The summed E-state index contributed by atoms with van der Waals surface area (Å²) in [5.74, 6) is 0. The summed E-state index contributed by atoms with van der Waals surface area (Å²) in [5.41, 5.74) is 0.335. The number of urea groups is 1. The topological polar surface area (TPSA) is 32.8 Å². The predicted octanol–water partition coefficient (Wildman–Crippen LogP) is 1.56. The van der Waals surface area contributed by atoms with E-state index >= 15 is 0 Å². The molecule has 2 saturated heterocycles. The summed E-state index contributed by atoms with van der Waals surface area (Å²) in [7, 11) is 1.70. The highest BCUT2D eigenvalue weighted by Gasteiger charge is 2.39. The number of ether oxygens (including phenoxy) is 1. The quantitative estimate of drug-likeness (QED) is 0.716. The monoisotopic (exact) mass is 226 g/mol. The zero-order valence-electron chi connectivity index (χ0n) is 10.5. The Morgan fingerprint density at radius 1 is 1.44 bits per heavy atom. The lowest BCUT2D eigenvalue weighted by Crippen LogP contribution is -2.58. The van der Waals surface area contributed by atoms with E-state index in [0.29, 0.717) is 5.41 Å². The number of amides is 2. The molecule has 0 bridgehead atoms. The molecule has 2 aliphatic heterocycles. The van der Waals surface area contributed by atoms with Crippen LogP contribution >= 0.6 is 0 Å². The Hall–Kier alpha value is -0.770. The van der Waals surface area contributed by atoms with Gasteiger partial charge >= 0.3 is 6.03 Å². The fourth-order valence-electron chi connectivity index (χ4n) is 2.42. The van der Waals surface area contributed by atoms with Crippen LogP contribution in [0.15, 0.2) is 0 Å². The summed E-state index contributed by atoms with van der Waals surface area (Å²) in [6.45, 7) is 7.82. The van der Waals surface area contributed by atoms with Crippen molar-refractivity contribution < 1.29 is 9.53 Å². The highest BCUT2D eigenvalue weighted by atomic mass is 16.5. The van der Waals surface area contributed by atoms with Gasteiger partial charge in [0.1, 0.15) is 0 Å². The number of hydrogen-bond donors (Lipinski definition) is 0. The van der Waals surface area contributed by atoms with Crippen molar-refractivity contribution >= 4 is 6.03 Å². The minimum atomic E-state index is 0.200. The third kappa shape index (κ3) is 2.03. The van der Waals surface area contributed by atoms with Gasteiger partial charge in [0.05, 0.1) is 19.2 Å². The van der Waals surface area contributed by atoms with Gasteiger partial charge in [0, 0.05) is 20.2 Å². The van der Waals surface area contributed by atoms with Crippen molar-refractivity contribution in [3.05, 3.63) is 0 Å². The van der Waals surface area contributed by atoms with Crippen LogP contribution in [-0.4, -0.2) is 55.2 Å². The SMILES string of the molecule is CCC1(C)CCN(C(=O)N2CC(OC)C2)C1. The van der Waals surface area contributed by atoms with E-state index in [1.807, 2.05) is 9.80 Å². The summed E-state index contributed by atoms with van der Waals surface area (Å²) >= 11 is 0. The Morgan fingerprint density at radius 3 is 2.62 bits per heavy atom. The van der Waals surface area contributed by atoms with E-state index in [4.69, 9.17) is 4.74 Å². The first kappa shape index (κ1) is 11.7. The molecule has 1 unspecified atom stereocenters. The largest absolute Gasteiger partial charge is 0.378 e. The molecule has 92 valence electrons. The molecule has 0 radical (unpaired) electrons. The van der Waals surface area contributed by atoms with E-state index in [2.05, 4.69) is 13.8 Å². The lowest BCUT2D eigenvalue weighted by Gasteiger charge is -2.40. The van der Waals surface area contributed by atoms with Crippen LogP contribution in [0.4, 0.5) is 4.79 Å². The first-order chi connectivity index (χ1) is 7.58. The van der Waals surface area contributed by atoms with Crippen molar-refractivity contribution in [1.82, 2.24) is 9.80 Å².